The van der Waals surface area contributed by atoms with Gasteiger partial charge in [-0.1, -0.05) is 30.3 Å². The molecule has 3 atom stereocenters. The van der Waals surface area contributed by atoms with Crippen molar-refractivity contribution in [1.82, 2.24) is 0 Å². The Morgan fingerprint density at radius 2 is 1.76 bits per heavy atom. The van der Waals surface area contributed by atoms with Crippen molar-refractivity contribution in [2.24, 2.45) is 5.73 Å². The van der Waals surface area contributed by atoms with Crippen LogP contribution < -0.4 is 5.73 Å². The number of esters is 1. The number of benzene rings is 2. The summed E-state index contributed by atoms with van der Waals surface area (Å²) in [5.74, 6) is -2.02. The summed E-state index contributed by atoms with van der Waals surface area (Å²) in [5, 5.41) is -1.16. The van der Waals surface area contributed by atoms with Gasteiger partial charge < -0.3 is 10.5 Å². The molecule has 0 aromatic heterocycles. The van der Waals surface area contributed by atoms with Gasteiger partial charge in [0.2, 0.25) is 0 Å². The Morgan fingerprint density at radius 3 is 2.32 bits per heavy atom. The molecule has 0 heterocycles. The van der Waals surface area contributed by atoms with Gasteiger partial charge in [-0.25, -0.2) is 17.6 Å². The third-order valence-corrected chi connectivity index (χ3v) is 6.70. The minimum Gasteiger partial charge on any atom is -0.465 e. The zero-order chi connectivity index (χ0) is 18.2. The van der Waals surface area contributed by atoms with Crippen molar-refractivity contribution in [3.8, 4) is 0 Å². The lowest BCUT2D eigenvalue weighted by Gasteiger charge is -2.11. The third kappa shape index (κ3) is 2.83. The first-order valence-corrected chi connectivity index (χ1v) is 9.38. The van der Waals surface area contributed by atoms with E-state index in [0.717, 1.165) is 0 Å². The van der Waals surface area contributed by atoms with Crippen LogP contribution in [-0.2, 0) is 19.4 Å². The molecule has 3 rings (SSSR count). The molecule has 0 unspecified atom stereocenters. The highest BCUT2D eigenvalue weighted by Gasteiger charge is 2.74. The highest BCUT2D eigenvalue weighted by molar-refractivity contribution is 7.92. The molecule has 1 fully saturated rings. The summed E-state index contributed by atoms with van der Waals surface area (Å²) in [6, 6.07) is 13.1. The van der Waals surface area contributed by atoms with E-state index in [1.165, 1.54) is 36.4 Å². The van der Waals surface area contributed by atoms with Crippen LogP contribution in [0, 0.1) is 5.82 Å². The summed E-state index contributed by atoms with van der Waals surface area (Å²) < 4.78 is 44.2. The lowest BCUT2D eigenvalue weighted by atomic mass is 10.1. The van der Waals surface area contributed by atoms with Crippen LogP contribution in [0.5, 0.6) is 0 Å². The number of carbonyl (C=O) groups excluding carboxylic acids is 1. The van der Waals surface area contributed by atoms with E-state index >= 15 is 0 Å². The van der Waals surface area contributed by atoms with Gasteiger partial charge in [-0.05, 0) is 36.8 Å². The van der Waals surface area contributed by atoms with E-state index in [4.69, 9.17) is 10.5 Å². The Kier molecular flexibility index (Phi) is 4.38. The zero-order valence-corrected chi connectivity index (χ0v) is 14.4. The predicted octanol–water partition coefficient (Wildman–Crippen LogP) is 2.03. The van der Waals surface area contributed by atoms with Crippen LogP contribution in [0.1, 0.15) is 18.4 Å². The normalized spacial score (nSPS) is 25.4. The van der Waals surface area contributed by atoms with E-state index in [-0.39, 0.29) is 11.5 Å². The van der Waals surface area contributed by atoms with Gasteiger partial charge in [-0.3, -0.25) is 0 Å². The van der Waals surface area contributed by atoms with Gasteiger partial charge in [0.05, 0.1) is 11.5 Å². The average molecular weight is 363 g/mol. The van der Waals surface area contributed by atoms with Crippen LogP contribution in [0.2, 0.25) is 0 Å². The van der Waals surface area contributed by atoms with Gasteiger partial charge in [-0.2, -0.15) is 0 Å². The summed E-state index contributed by atoms with van der Waals surface area (Å²) in [7, 11) is -3.86. The van der Waals surface area contributed by atoms with Gasteiger partial charge in [0.1, 0.15) is 16.6 Å². The maximum Gasteiger partial charge on any atom is 0.328 e. The predicted molar refractivity (Wildman–Crippen MR) is 90.1 cm³/mol. The minimum atomic E-state index is -3.86. The molecule has 1 aliphatic carbocycles. The minimum absolute atomic E-state index is 0.0868. The molecular formula is C18H18FNO4S. The maximum absolute atomic E-state index is 13.2. The first kappa shape index (κ1) is 17.6. The Bertz CT molecular complexity index is 883. The van der Waals surface area contributed by atoms with Crippen LogP contribution in [0.25, 0.3) is 0 Å². The number of hydrogen-bond acceptors (Lipinski definition) is 5. The Hall–Kier alpha value is -2.25. The monoisotopic (exact) mass is 363 g/mol. The quantitative estimate of drug-likeness (QED) is 0.822. The molecule has 5 nitrogen and oxygen atoms in total. The topological polar surface area (TPSA) is 86.5 Å². The fourth-order valence-electron chi connectivity index (χ4n) is 3.19. The molecular weight excluding hydrogens is 345 g/mol. The standard InChI is InChI=1S/C18H18FNO4S/c1-2-24-17(21)18(20)15(12-8-10-13(19)11-9-12)16(18)25(22,23)14-6-4-3-5-7-14/h3-11,15-16H,2,20H2,1H3/t15-,16+,18-/m1/s1. The molecule has 0 amide bonds. The third-order valence-electron chi connectivity index (χ3n) is 4.44. The summed E-state index contributed by atoms with van der Waals surface area (Å²) >= 11 is 0. The lowest BCUT2D eigenvalue weighted by Crippen LogP contribution is -2.41. The summed E-state index contributed by atoms with van der Waals surface area (Å²) in [5.41, 5.74) is 5.01. The zero-order valence-electron chi connectivity index (χ0n) is 13.6. The maximum atomic E-state index is 13.2. The smallest absolute Gasteiger partial charge is 0.328 e. The van der Waals surface area contributed by atoms with E-state index in [0.29, 0.717) is 5.56 Å². The highest BCUT2D eigenvalue weighted by atomic mass is 32.2. The van der Waals surface area contributed by atoms with Gasteiger partial charge >= 0.3 is 5.97 Å². The number of carbonyl (C=O) groups is 1. The van der Waals surface area contributed by atoms with Gasteiger partial charge in [0.15, 0.2) is 9.84 Å². The number of rotatable bonds is 5. The summed E-state index contributed by atoms with van der Waals surface area (Å²) in [6.45, 7) is 1.71. The van der Waals surface area contributed by atoms with Crippen molar-refractivity contribution in [2.45, 2.75) is 28.5 Å². The molecule has 25 heavy (non-hydrogen) atoms. The fourth-order valence-corrected chi connectivity index (χ4v) is 5.43. The summed E-state index contributed by atoms with van der Waals surface area (Å²) in [4.78, 5) is 12.5. The van der Waals surface area contributed by atoms with E-state index in [9.17, 15) is 17.6 Å². The molecule has 0 aliphatic heterocycles. The lowest BCUT2D eigenvalue weighted by molar-refractivity contribution is -0.145. The average Bonchev–Trinajstić information content (AvgIpc) is 3.25. The van der Waals surface area contributed by atoms with Crippen LogP contribution in [0.15, 0.2) is 59.5 Å². The Labute approximate surface area is 145 Å². The van der Waals surface area contributed by atoms with Gasteiger partial charge in [0, 0.05) is 5.92 Å². The van der Waals surface area contributed by atoms with E-state index in [1.54, 1.807) is 25.1 Å². The molecule has 0 bridgehead atoms. The van der Waals surface area contributed by atoms with Crippen LogP contribution in [-0.4, -0.2) is 31.8 Å². The van der Waals surface area contributed by atoms with Crippen LogP contribution >= 0.6 is 0 Å². The molecule has 7 heteroatoms. The first-order valence-electron chi connectivity index (χ1n) is 7.84. The SMILES string of the molecule is CCOC(=O)[C@@]1(N)[C@H](c2ccc(F)cc2)[C@@H]1S(=O)(=O)c1ccccc1. The van der Waals surface area contributed by atoms with E-state index < -0.39 is 38.3 Å². The fraction of sp³-hybridized carbons (Fsp3) is 0.278. The van der Waals surface area contributed by atoms with Crippen molar-refractivity contribution >= 4 is 15.8 Å². The van der Waals surface area contributed by atoms with Crippen molar-refractivity contribution < 1.29 is 22.3 Å². The first-order chi connectivity index (χ1) is 11.8. The van der Waals surface area contributed by atoms with Crippen molar-refractivity contribution in [2.75, 3.05) is 6.61 Å². The molecule has 0 spiro atoms. The second kappa shape index (κ2) is 6.24. The van der Waals surface area contributed by atoms with Crippen LogP contribution in [0.4, 0.5) is 4.39 Å². The second-order valence-electron chi connectivity index (χ2n) is 5.96. The number of ether oxygens (including phenoxy) is 1. The largest absolute Gasteiger partial charge is 0.465 e. The molecule has 2 N–H and O–H groups in total. The molecule has 1 saturated carbocycles. The molecule has 1 aliphatic rings. The van der Waals surface area contributed by atoms with E-state index in [1.807, 2.05) is 0 Å². The van der Waals surface area contributed by atoms with Crippen molar-refractivity contribution in [1.29, 1.82) is 0 Å². The Balaban J connectivity index is 2.06. The summed E-state index contributed by atoms with van der Waals surface area (Å²) in [6.07, 6.45) is 0. The van der Waals surface area contributed by atoms with E-state index in [2.05, 4.69) is 0 Å². The number of sulfone groups is 1. The Morgan fingerprint density at radius 1 is 1.16 bits per heavy atom. The van der Waals surface area contributed by atoms with Gasteiger partial charge in [-0.15, -0.1) is 0 Å². The van der Waals surface area contributed by atoms with Crippen LogP contribution in [0.3, 0.4) is 0 Å². The molecule has 0 radical (unpaired) electrons. The molecule has 132 valence electrons. The van der Waals surface area contributed by atoms with Gasteiger partial charge in [0.25, 0.3) is 0 Å². The molecule has 2 aromatic carbocycles. The number of hydrogen-bond donors (Lipinski definition) is 1. The second-order valence-corrected chi connectivity index (χ2v) is 8.03. The number of halogens is 1. The number of nitrogens with two attached hydrogens (primary N) is 1. The van der Waals surface area contributed by atoms with Crippen molar-refractivity contribution in [3.63, 3.8) is 0 Å². The van der Waals surface area contributed by atoms with Crippen molar-refractivity contribution in [3.05, 3.63) is 66.0 Å². The molecule has 0 saturated heterocycles. The molecule has 2 aromatic rings. The highest BCUT2D eigenvalue weighted by Crippen LogP contribution is 2.56.